The topological polar surface area (TPSA) is 71.1 Å². The third-order valence-electron chi connectivity index (χ3n) is 9.98. The number of fused-ring (bicyclic) bond motifs is 6. The number of ether oxygens (including phenoxy) is 4. The van der Waals surface area contributed by atoms with Crippen LogP contribution in [0.1, 0.15) is 76.4 Å². The van der Waals surface area contributed by atoms with Crippen LogP contribution in [0.3, 0.4) is 0 Å². The predicted molar refractivity (Wildman–Crippen MR) is 203 cm³/mol. The summed E-state index contributed by atoms with van der Waals surface area (Å²) in [4.78, 5) is 29.3. The lowest BCUT2D eigenvalue weighted by molar-refractivity contribution is 0.102. The molecule has 0 unspecified atom stereocenters. The fourth-order valence-electron chi connectivity index (χ4n) is 7.28. The van der Waals surface area contributed by atoms with E-state index in [-0.39, 0.29) is 11.6 Å². The first kappa shape index (κ1) is 34.3. The normalized spacial score (nSPS) is 12.8. The Balaban J connectivity index is 1.48. The number of carbonyl (C=O) groups excluding carboxylic acids is 2. The molecule has 0 aliphatic heterocycles. The van der Waals surface area contributed by atoms with Crippen LogP contribution in [0.25, 0.3) is 0 Å². The summed E-state index contributed by atoms with van der Waals surface area (Å²) in [6, 6.07) is 39.1. The van der Waals surface area contributed by atoms with Gasteiger partial charge in [0.15, 0.2) is 34.6 Å². The number of hydrogen-bond donors (Lipinski definition) is 0. The van der Waals surface area contributed by atoms with Crippen LogP contribution in [-0.4, -0.2) is 40.0 Å². The summed E-state index contributed by atoms with van der Waals surface area (Å²) in [5.41, 5.74) is 10.0. The zero-order valence-electron chi connectivity index (χ0n) is 29.8. The monoisotopic (exact) mass is 688 g/mol. The fraction of sp³-hybridized carbons (Fsp3) is 0.174. The minimum absolute atomic E-state index is 0.0438. The van der Waals surface area contributed by atoms with Crippen molar-refractivity contribution in [2.45, 2.75) is 25.7 Å². The number of rotatable bonds is 4. The standard InChI is InChI=1S/C46H40O6/c1-49-41-25-33-21-29-13-5-9-17-37(29)45(47)39-19-11-7-15-31(39)23-35-27-43(51-3)44(52-4)28-36(35)24-32-16-8-12-20-40(32)46(48)38-18-10-6-14-30(38)22-34(33)26-42(41)50-2/h5-20,25-28H,21-24H2,1-4H3. The van der Waals surface area contributed by atoms with Crippen LogP contribution in [0, 0.1) is 0 Å². The van der Waals surface area contributed by atoms with Gasteiger partial charge in [-0.3, -0.25) is 9.59 Å². The Morgan fingerprint density at radius 2 is 0.538 bits per heavy atom. The Morgan fingerprint density at radius 3 is 0.750 bits per heavy atom. The van der Waals surface area contributed by atoms with Gasteiger partial charge in [0.2, 0.25) is 0 Å². The van der Waals surface area contributed by atoms with E-state index in [4.69, 9.17) is 18.9 Å². The van der Waals surface area contributed by atoms with Gasteiger partial charge in [0.05, 0.1) is 28.4 Å². The predicted octanol–water partition coefficient (Wildman–Crippen LogP) is 8.86. The number of carbonyl (C=O) groups is 2. The minimum Gasteiger partial charge on any atom is -0.493 e. The van der Waals surface area contributed by atoms with Gasteiger partial charge in [-0.05, 0) is 94.5 Å². The quantitative estimate of drug-likeness (QED) is 0.184. The molecule has 6 heteroatoms. The molecule has 1 aliphatic carbocycles. The summed E-state index contributed by atoms with van der Waals surface area (Å²) < 4.78 is 23.0. The molecule has 0 fully saturated rings. The second kappa shape index (κ2) is 15.0. The molecule has 260 valence electrons. The van der Waals surface area contributed by atoms with Gasteiger partial charge in [-0.2, -0.15) is 0 Å². The second-order valence-electron chi connectivity index (χ2n) is 12.9. The SMILES string of the molecule is COc1cc2c(cc1OC)Cc1ccccc1C(=O)c1ccccc1Cc1cc(OC)c(OC)cc1Cc1ccccc1C(=O)c1ccccc1C2. The molecule has 6 nitrogen and oxygen atoms in total. The van der Waals surface area contributed by atoms with E-state index in [1.165, 1.54) is 0 Å². The molecule has 1 aliphatic rings. The summed E-state index contributed by atoms with van der Waals surface area (Å²) in [6.07, 6.45) is 1.88. The maximum Gasteiger partial charge on any atom is 0.193 e. The van der Waals surface area contributed by atoms with Crippen LogP contribution >= 0.6 is 0 Å². The Bertz CT molecular complexity index is 1980. The maximum absolute atomic E-state index is 14.6. The van der Waals surface area contributed by atoms with E-state index in [9.17, 15) is 9.59 Å². The molecule has 6 aromatic rings. The molecular formula is C46H40O6. The summed E-state index contributed by atoms with van der Waals surface area (Å²) in [5, 5.41) is 0. The highest BCUT2D eigenvalue weighted by Crippen LogP contribution is 2.37. The molecule has 0 aromatic heterocycles. The third kappa shape index (κ3) is 6.68. The van der Waals surface area contributed by atoms with Gasteiger partial charge in [-0.25, -0.2) is 0 Å². The third-order valence-corrected chi connectivity index (χ3v) is 9.98. The molecule has 0 N–H and O–H groups in total. The second-order valence-corrected chi connectivity index (χ2v) is 12.9. The lowest BCUT2D eigenvalue weighted by atomic mass is 9.85. The molecule has 0 saturated carbocycles. The van der Waals surface area contributed by atoms with Gasteiger partial charge in [0, 0.05) is 22.3 Å². The van der Waals surface area contributed by atoms with Crippen molar-refractivity contribution >= 4 is 11.6 Å². The van der Waals surface area contributed by atoms with E-state index in [1.807, 2.05) is 121 Å². The summed E-state index contributed by atoms with van der Waals surface area (Å²) >= 11 is 0. The zero-order valence-corrected chi connectivity index (χ0v) is 29.8. The van der Waals surface area contributed by atoms with Crippen LogP contribution in [-0.2, 0) is 25.7 Å². The molecule has 0 bridgehead atoms. The van der Waals surface area contributed by atoms with Gasteiger partial charge >= 0.3 is 0 Å². The van der Waals surface area contributed by atoms with E-state index >= 15 is 0 Å². The first-order valence-electron chi connectivity index (χ1n) is 17.3. The minimum atomic E-state index is -0.0438. The Hall–Kier alpha value is -6.14. The number of benzene rings is 6. The van der Waals surface area contributed by atoms with Crippen molar-refractivity contribution in [3.05, 3.63) is 188 Å². The molecule has 7 rings (SSSR count). The van der Waals surface area contributed by atoms with Crippen molar-refractivity contribution in [3.63, 3.8) is 0 Å². The molecule has 0 heterocycles. The Morgan fingerprint density at radius 1 is 0.327 bits per heavy atom. The molecule has 6 aromatic carbocycles. The number of ketones is 2. The highest BCUT2D eigenvalue weighted by Gasteiger charge is 2.24. The smallest absolute Gasteiger partial charge is 0.193 e. The van der Waals surface area contributed by atoms with E-state index in [1.54, 1.807) is 28.4 Å². The van der Waals surface area contributed by atoms with Crippen LogP contribution in [0.5, 0.6) is 23.0 Å². The summed E-state index contributed by atoms with van der Waals surface area (Å²) in [5.74, 6) is 2.31. The van der Waals surface area contributed by atoms with E-state index in [2.05, 4.69) is 0 Å². The van der Waals surface area contributed by atoms with E-state index in [0.29, 0.717) is 70.9 Å². The fourth-order valence-corrected chi connectivity index (χ4v) is 7.28. The number of hydrogen-bond acceptors (Lipinski definition) is 6. The Labute approximate surface area is 304 Å². The summed E-state index contributed by atoms with van der Waals surface area (Å²) in [7, 11) is 6.48. The van der Waals surface area contributed by atoms with Crippen molar-refractivity contribution in [1.29, 1.82) is 0 Å². The largest absolute Gasteiger partial charge is 0.493 e. The van der Waals surface area contributed by atoms with Crippen LogP contribution in [0.15, 0.2) is 121 Å². The van der Waals surface area contributed by atoms with Crippen LogP contribution < -0.4 is 18.9 Å². The Kier molecular flexibility index (Phi) is 9.90. The van der Waals surface area contributed by atoms with Gasteiger partial charge < -0.3 is 18.9 Å². The van der Waals surface area contributed by atoms with Crippen LogP contribution in [0.2, 0.25) is 0 Å². The summed E-state index contributed by atoms with van der Waals surface area (Å²) in [6.45, 7) is 0. The molecule has 0 saturated heterocycles. The first-order valence-corrected chi connectivity index (χ1v) is 17.3. The van der Waals surface area contributed by atoms with Gasteiger partial charge in [-0.15, -0.1) is 0 Å². The average Bonchev–Trinajstić information content (AvgIpc) is 3.18. The van der Waals surface area contributed by atoms with Crippen molar-refractivity contribution in [2.75, 3.05) is 28.4 Å². The molecule has 0 spiro atoms. The van der Waals surface area contributed by atoms with Crippen molar-refractivity contribution in [1.82, 2.24) is 0 Å². The van der Waals surface area contributed by atoms with Gasteiger partial charge in [0.25, 0.3) is 0 Å². The lowest BCUT2D eigenvalue weighted by Gasteiger charge is -2.20. The molecule has 0 radical (unpaired) electrons. The van der Waals surface area contributed by atoms with Crippen molar-refractivity contribution in [2.24, 2.45) is 0 Å². The molecular weight excluding hydrogens is 649 g/mol. The van der Waals surface area contributed by atoms with Gasteiger partial charge in [-0.1, -0.05) is 97.1 Å². The van der Waals surface area contributed by atoms with Crippen LogP contribution in [0.4, 0.5) is 0 Å². The van der Waals surface area contributed by atoms with Crippen molar-refractivity contribution < 1.29 is 28.5 Å². The molecule has 52 heavy (non-hydrogen) atoms. The van der Waals surface area contributed by atoms with E-state index in [0.717, 1.165) is 44.5 Å². The maximum atomic E-state index is 14.6. The highest BCUT2D eigenvalue weighted by molar-refractivity contribution is 6.11. The van der Waals surface area contributed by atoms with Gasteiger partial charge in [0.1, 0.15) is 0 Å². The van der Waals surface area contributed by atoms with Crippen molar-refractivity contribution in [3.8, 4) is 23.0 Å². The average molecular weight is 689 g/mol. The molecule has 0 amide bonds. The highest BCUT2D eigenvalue weighted by atomic mass is 16.5. The zero-order chi connectivity index (χ0) is 36.2. The lowest BCUT2D eigenvalue weighted by Crippen LogP contribution is -2.13. The molecule has 0 atom stereocenters. The number of methoxy groups -OCH3 is 4. The van der Waals surface area contributed by atoms with E-state index < -0.39 is 0 Å². The first-order chi connectivity index (χ1) is 25.4.